The topological polar surface area (TPSA) is 49.3 Å². The van der Waals surface area contributed by atoms with Crippen molar-refractivity contribution in [3.8, 4) is 0 Å². The molecule has 0 saturated heterocycles. The molecule has 0 aliphatic rings. The molecule has 18 heavy (non-hydrogen) atoms. The molecule has 0 aromatic carbocycles. The highest BCUT2D eigenvalue weighted by Crippen LogP contribution is 2.22. The Morgan fingerprint density at radius 1 is 1.67 bits per heavy atom. The van der Waals surface area contributed by atoms with Crippen LogP contribution in [0.25, 0.3) is 6.08 Å². The molecule has 1 heterocycles. The predicted octanol–water partition coefficient (Wildman–Crippen LogP) is 2.64. The largest absolute Gasteiger partial charge is 0.395 e. The average Bonchev–Trinajstić information content (AvgIpc) is 2.74. The first-order valence-electron chi connectivity index (χ1n) is 5.44. The number of rotatable bonds is 6. The summed E-state index contributed by atoms with van der Waals surface area (Å²) in [5, 5.41) is 12.0. The summed E-state index contributed by atoms with van der Waals surface area (Å²) >= 11 is 8.74. The zero-order valence-corrected chi connectivity index (χ0v) is 12.6. The molecule has 0 aliphatic carbocycles. The van der Waals surface area contributed by atoms with Crippen LogP contribution in [0.1, 0.15) is 11.8 Å². The maximum absolute atomic E-state index is 11.7. The highest BCUT2D eigenvalue weighted by atomic mass is 35.5. The van der Waals surface area contributed by atoms with Gasteiger partial charge < -0.3 is 10.4 Å². The fraction of sp³-hybridized carbons (Fsp3) is 0.417. The van der Waals surface area contributed by atoms with E-state index in [-0.39, 0.29) is 23.8 Å². The first kappa shape index (κ1) is 15.6. The lowest BCUT2D eigenvalue weighted by Gasteiger charge is -2.20. The van der Waals surface area contributed by atoms with Crippen molar-refractivity contribution in [2.24, 2.45) is 0 Å². The van der Waals surface area contributed by atoms with Crippen LogP contribution in [0.15, 0.2) is 18.2 Å². The lowest BCUT2D eigenvalue weighted by atomic mass is 10.2. The first-order valence-corrected chi connectivity index (χ1v) is 7.92. The molecule has 0 bridgehead atoms. The minimum atomic E-state index is -0.167. The summed E-state index contributed by atoms with van der Waals surface area (Å²) in [4.78, 5) is 12.6. The molecule has 0 spiro atoms. The molecule has 1 rings (SSSR count). The molecule has 1 aromatic rings. The number of halogens is 1. The molecule has 1 amide bonds. The van der Waals surface area contributed by atoms with Crippen molar-refractivity contribution in [3.63, 3.8) is 0 Å². The Morgan fingerprint density at radius 3 is 2.89 bits per heavy atom. The van der Waals surface area contributed by atoms with E-state index in [1.807, 2.05) is 19.2 Å². The van der Waals surface area contributed by atoms with Crippen molar-refractivity contribution < 1.29 is 9.90 Å². The van der Waals surface area contributed by atoms with Gasteiger partial charge in [-0.15, -0.1) is 11.3 Å². The van der Waals surface area contributed by atoms with E-state index in [4.69, 9.17) is 16.7 Å². The summed E-state index contributed by atoms with van der Waals surface area (Å²) in [6.07, 6.45) is 5.12. The molecule has 0 aliphatic heterocycles. The van der Waals surface area contributed by atoms with E-state index < -0.39 is 0 Å². The fourth-order valence-corrected chi connectivity index (χ4v) is 2.97. The smallest absolute Gasteiger partial charge is 0.244 e. The highest BCUT2D eigenvalue weighted by Gasteiger charge is 2.15. The Labute approximate surface area is 120 Å². The predicted molar refractivity (Wildman–Crippen MR) is 80.4 cm³/mol. The van der Waals surface area contributed by atoms with Gasteiger partial charge in [0.1, 0.15) is 0 Å². The molecule has 3 nitrogen and oxygen atoms in total. The molecule has 100 valence electrons. The molecule has 6 heteroatoms. The Morgan fingerprint density at radius 2 is 2.39 bits per heavy atom. The molecule has 0 fully saturated rings. The SMILES string of the molecule is CSC(CO)C(C)NC(=O)/C=C/c1ccc(Cl)s1. The summed E-state index contributed by atoms with van der Waals surface area (Å²) in [6.45, 7) is 1.93. The van der Waals surface area contributed by atoms with Gasteiger partial charge in [0, 0.05) is 22.2 Å². The van der Waals surface area contributed by atoms with Crippen molar-refractivity contribution >= 4 is 46.7 Å². The van der Waals surface area contributed by atoms with E-state index in [0.717, 1.165) is 4.88 Å². The van der Waals surface area contributed by atoms with Crippen LogP contribution in [-0.4, -0.2) is 35.2 Å². The molecule has 0 radical (unpaired) electrons. The summed E-state index contributed by atoms with van der Waals surface area (Å²) in [7, 11) is 0. The first-order chi connectivity index (χ1) is 8.56. The second-order valence-corrected chi connectivity index (χ2v) is 6.55. The van der Waals surface area contributed by atoms with Crippen LogP contribution < -0.4 is 5.32 Å². The normalized spacial score (nSPS) is 14.7. The second kappa shape index (κ2) is 7.84. The number of hydrogen-bond donors (Lipinski definition) is 2. The van der Waals surface area contributed by atoms with Gasteiger partial charge in [-0.25, -0.2) is 0 Å². The number of carbonyl (C=O) groups excluding carboxylic acids is 1. The van der Waals surface area contributed by atoms with Crippen molar-refractivity contribution in [1.82, 2.24) is 5.32 Å². The molecule has 2 unspecified atom stereocenters. The van der Waals surface area contributed by atoms with Crippen LogP contribution in [0.4, 0.5) is 0 Å². The number of thioether (sulfide) groups is 1. The number of aliphatic hydroxyl groups is 1. The van der Waals surface area contributed by atoms with Gasteiger partial charge >= 0.3 is 0 Å². The number of aliphatic hydroxyl groups excluding tert-OH is 1. The molecular weight excluding hydrogens is 290 g/mol. The minimum Gasteiger partial charge on any atom is -0.395 e. The van der Waals surface area contributed by atoms with Gasteiger partial charge in [-0.2, -0.15) is 11.8 Å². The van der Waals surface area contributed by atoms with E-state index in [0.29, 0.717) is 4.34 Å². The third-order valence-electron chi connectivity index (χ3n) is 2.40. The van der Waals surface area contributed by atoms with E-state index in [1.165, 1.54) is 29.2 Å². The Hall–Kier alpha value is -0.490. The summed E-state index contributed by atoms with van der Waals surface area (Å²) in [6, 6.07) is 3.58. The summed E-state index contributed by atoms with van der Waals surface area (Å²) < 4.78 is 0.700. The van der Waals surface area contributed by atoms with E-state index in [1.54, 1.807) is 12.1 Å². The summed E-state index contributed by atoms with van der Waals surface area (Å²) in [5.74, 6) is -0.167. The van der Waals surface area contributed by atoms with Crippen LogP contribution in [0.2, 0.25) is 4.34 Å². The maximum Gasteiger partial charge on any atom is 0.244 e. The second-order valence-electron chi connectivity index (χ2n) is 3.73. The third-order valence-corrected chi connectivity index (χ3v) is 4.76. The third kappa shape index (κ3) is 5.02. The molecule has 2 atom stereocenters. The van der Waals surface area contributed by atoms with Crippen molar-refractivity contribution in [2.45, 2.75) is 18.2 Å². The fourth-order valence-electron chi connectivity index (χ4n) is 1.38. The monoisotopic (exact) mass is 305 g/mol. The lowest BCUT2D eigenvalue weighted by molar-refractivity contribution is -0.117. The summed E-state index contributed by atoms with van der Waals surface area (Å²) in [5.41, 5.74) is 0. The number of amides is 1. The maximum atomic E-state index is 11.7. The van der Waals surface area contributed by atoms with E-state index in [9.17, 15) is 4.79 Å². The number of nitrogens with one attached hydrogen (secondary N) is 1. The van der Waals surface area contributed by atoms with E-state index >= 15 is 0 Å². The van der Waals surface area contributed by atoms with Gasteiger partial charge in [0.05, 0.1) is 10.9 Å². The number of thiophene rings is 1. The van der Waals surface area contributed by atoms with Gasteiger partial charge in [0.25, 0.3) is 0 Å². The van der Waals surface area contributed by atoms with Gasteiger partial charge in [-0.1, -0.05) is 11.6 Å². The molecular formula is C12H16ClNO2S2. The van der Waals surface area contributed by atoms with Crippen LogP contribution in [0.5, 0.6) is 0 Å². The Bertz CT molecular complexity index is 416. The number of hydrogen-bond acceptors (Lipinski definition) is 4. The standard InChI is InChI=1S/C12H16ClNO2S2/c1-8(10(7-15)17-2)14-12(16)6-4-9-3-5-11(13)18-9/h3-6,8,10,15H,7H2,1-2H3,(H,14,16)/b6-4+. The molecule has 0 saturated carbocycles. The van der Waals surface area contributed by atoms with Gasteiger partial charge in [-0.3, -0.25) is 4.79 Å². The van der Waals surface area contributed by atoms with Gasteiger partial charge in [-0.05, 0) is 31.4 Å². The zero-order valence-electron chi connectivity index (χ0n) is 10.2. The highest BCUT2D eigenvalue weighted by molar-refractivity contribution is 7.99. The Balaban J connectivity index is 2.48. The quantitative estimate of drug-likeness (QED) is 0.794. The van der Waals surface area contributed by atoms with E-state index in [2.05, 4.69) is 5.32 Å². The number of carbonyl (C=O) groups is 1. The lowest BCUT2D eigenvalue weighted by Crippen LogP contribution is -2.40. The minimum absolute atomic E-state index is 0.0125. The zero-order chi connectivity index (χ0) is 13.5. The van der Waals surface area contributed by atoms with Crippen LogP contribution >= 0.6 is 34.7 Å². The Kier molecular flexibility index (Phi) is 6.78. The molecule has 2 N–H and O–H groups in total. The van der Waals surface area contributed by atoms with Crippen molar-refractivity contribution in [1.29, 1.82) is 0 Å². The van der Waals surface area contributed by atoms with Crippen molar-refractivity contribution in [2.75, 3.05) is 12.9 Å². The molecule has 1 aromatic heterocycles. The van der Waals surface area contributed by atoms with Crippen LogP contribution in [0.3, 0.4) is 0 Å². The average molecular weight is 306 g/mol. The van der Waals surface area contributed by atoms with Gasteiger partial charge in [0.15, 0.2) is 0 Å². The van der Waals surface area contributed by atoms with Crippen LogP contribution in [-0.2, 0) is 4.79 Å². The van der Waals surface area contributed by atoms with Crippen molar-refractivity contribution in [3.05, 3.63) is 27.4 Å². The van der Waals surface area contributed by atoms with Crippen LogP contribution in [0, 0.1) is 0 Å². The van der Waals surface area contributed by atoms with Gasteiger partial charge in [0.2, 0.25) is 5.91 Å².